The predicted molar refractivity (Wildman–Crippen MR) is 48.7 cm³/mol. The molecule has 12 heavy (non-hydrogen) atoms. The molecule has 0 spiro atoms. The molecule has 0 aromatic heterocycles. The third-order valence-corrected chi connectivity index (χ3v) is 1.40. The molecule has 1 atom stereocenters. The van der Waals surface area contributed by atoms with Crippen LogP contribution < -0.4 is 5.32 Å². The van der Waals surface area contributed by atoms with Crippen molar-refractivity contribution in [3.8, 4) is 0 Å². The van der Waals surface area contributed by atoms with Gasteiger partial charge in [0.2, 0.25) is 0 Å². The predicted octanol–water partition coefficient (Wildman–Crippen LogP) is 1.45. The van der Waals surface area contributed by atoms with Gasteiger partial charge in [0.25, 0.3) is 0 Å². The highest BCUT2D eigenvalue weighted by Crippen LogP contribution is 1.99. The first-order valence-electron chi connectivity index (χ1n) is 4.21. The SMILES string of the molecule is C=C(C)C(=O)OC(CC)NCC. The number of hydrogen-bond acceptors (Lipinski definition) is 3. The van der Waals surface area contributed by atoms with Gasteiger partial charge in [-0.15, -0.1) is 0 Å². The van der Waals surface area contributed by atoms with E-state index in [1.54, 1.807) is 6.92 Å². The first-order valence-corrected chi connectivity index (χ1v) is 4.21. The van der Waals surface area contributed by atoms with E-state index in [1.165, 1.54) is 0 Å². The molecule has 0 aromatic carbocycles. The normalized spacial score (nSPS) is 12.2. The molecule has 0 radical (unpaired) electrons. The van der Waals surface area contributed by atoms with Crippen molar-refractivity contribution in [1.29, 1.82) is 0 Å². The van der Waals surface area contributed by atoms with Crippen molar-refractivity contribution in [3.63, 3.8) is 0 Å². The van der Waals surface area contributed by atoms with E-state index in [0.717, 1.165) is 13.0 Å². The molecule has 0 aromatic rings. The molecule has 0 aliphatic rings. The second kappa shape index (κ2) is 5.77. The molecule has 1 unspecified atom stereocenters. The molecular weight excluding hydrogens is 154 g/mol. The Morgan fingerprint density at radius 3 is 2.50 bits per heavy atom. The first-order chi connectivity index (χ1) is 5.61. The molecule has 1 N–H and O–H groups in total. The van der Waals surface area contributed by atoms with Crippen LogP contribution in [0.3, 0.4) is 0 Å². The van der Waals surface area contributed by atoms with Crippen LogP contribution in [0.25, 0.3) is 0 Å². The summed E-state index contributed by atoms with van der Waals surface area (Å²) in [4.78, 5) is 11.0. The minimum Gasteiger partial charge on any atom is -0.443 e. The molecule has 0 amide bonds. The van der Waals surface area contributed by atoms with Gasteiger partial charge in [0.15, 0.2) is 6.23 Å². The zero-order valence-corrected chi connectivity index (χ0v) is 8.02. The summed E-state index contributed by atoms with van der Waals surface area (Å²) in [7, 11) is 0. The van der Waals surface area contributed by atoms with Crippen molar-refractivity contribution in [3.05, 3.63) is 12.2 Å². The van der Waals surface area contributed by atoms with E-state index >= 15 is 0 Å². The molecule has 70 valence electrons. The number of carbonyl (C=O) groups excluding carboxylic acids is 1. The molecule has 0 fully saturated rings. The minimum absolute atomic E-state index is 0.181. The molecule has 0 aliphatic heterocycles. The fraction of sp³-hybridized carbons (Fsp3) is 0.667. The number of rotatable bonds is 5. The maximum absolute atomic E-state index is 11.0. The van der Waals surface area contributed by atoms with Gasteiger partial charge < -0.3 is 4.74 Å². The maximum atomic E-state index is 11.0. The van der Waals surface area contributed by atoms with Gasteiger partial charge in [-0.1, -0.05) is 20.4 Å². The highest BCUT2D eigenvalue weighted by molar-refractivity contribution is 5.87. The largest absolute Gasteiger partial charge is 0.443 e. The van der Waals surface area contributed by atoms with Crippen LogP contribution in [0.15, 0.2) is 12.2 Å². The molecular formula is C9H17NO2. The summed E-state index contributed by atoms with van der Waals surface area (Å²) in [5.74, 6) is -0.331. The number of carbonyl (C=O) groups is 1. The third kappa shape index (κ3) is 4.13. The Morgan fingerprint density at radius 1 is 1.58 bits per heavy atom. The lowest BCUT2D eigenvalue weighted by atomic mass is 10.3. The summed E-state index contributed by atoms with van der Waals surface area (Å²) < 4.78 is 5.05. The van der Waals surface area contributed by atoms with Crippen molar-refractivity contribution in [1.82, 2.24) is 5.32 Å². The van der Waals surface area contributed by atoms with Gasteiger partial charge in [0.1, 0.15) is 0 Å². The summed E-state index contributed by atoms with van der Waals surface area (Å²) >= 11 is 0. The topological polar surface area (TPSA) is 38.3 Å². The van der Waals surface area contributed by atoms with E-state index in [0.29, 0.717) is 5.57 Å². The lowest BCUT2D eigenvalue weighted by molar-refractivity contribution is -0.145. The molecule has 3 nitrogen and oxygen atoms in total. The fourth-order valence-electron chi connectivity index (χ4n) is 0.727. The van der Waals surface area contributed by atoms with Gasteiger partial charge in [0.05, 0.1) is 0 Å². The van der Waals surface area contributed by atoms with Crippen molar-refractivity contribution in [2.45, 2.75) is 33.4 Å². The molecule has 0 aliphatic carbocycles. The van der Waals surface area contributed by atoms with Crippen molar-refractivity contribution in [2.24, 2.45) is 0 Å². The van der Waals surface area contributed by atoms with Gasteiger partial charge >= 0.3 is 5.97 Å². The van der Waals surface area contributed by atoms with Crippen molar-refractivity contribution in [2.75, 3.05) is 6.54 Å². The first kappa shape index (κ1) is 11.2. The van der Waals surface area contributed by atoms with E-state index in [1.807, 2.05) is 13.8 Å². The molecule has 0 heterocycles. The smallest absolute Gasteiger partial charge is 0.334 e. The molecule has 0 saturated heterocycles. The average molecular weight is 171 g/mol. The van der Waals surface area contributed by atoms with Crippen LogP contribution in [0.2, 0.25) is 0 Å². The van der Waals surface area contributed by atoms with Gasteiger partial charge in [0, 0.05) is 5.57 Å². The van der Waals surface area contributed by atoms with Gasteiger partial charge in [-0.2, -0.15) is 0 Å². The quantitative estimate of drug-likeness (QED) is 0.386. The maximum Gasteiger partial charge on any atom is 0.334 e. The molecule has 0 saturated carbocycles. The van der Waals surface area contributed by atoms with Gasteiger partial charge in [-0.25, -0.2) is 4.79 Å². The highest BCUT2D eigenvalue weighted by atomic mass is 16.6. The van der Waals surface area contributed by atoms with Crippen LogP contribution in [0, 0.1) is 0 Å². The summed E-state index contributed by atoms with van der Waals surface area (Å²) in [6.45, 7) is 9.86. The fourth-order valence-corrected chi connectivity index (χ4v) is 0.727. The van der Waals surface area contributed by atoms with E-state index in [4.69, 9.17) is 4.74 Å². The average Bonchev–Trinajstić information content (AvgIpc) is 2.03. The number of ether oxygens (including phenoxy) is 1. The molecule has 0 bridgehead atoms. The second-order valence-corrected chi connectivity index (χ2v) is 2.64. The van der Waals surface area contributed by atoms with E-state index in [-0.39, 0.29) is 12.2 Å². The number of hydrogen-bond donors (Lipinski definition) is 1. The van der Waals surface area contributed by atoms with E-state index in [2.05, 4.69) is 11.9 Å². The Hall–Kier alpha value is -0.830. The standard InChI is InChI=1S/C9H17NO2/c1-5-8(10-6-2)12-9(11)7(3)4/h8,10H,3,5-6H2,1-2,4H3. The second-order valence-electron chi connectivity index (χ2n) is 2.64. The van der Waals surface area contributed by atoms with Crippen molar-refractivity contribution < 1.29 is 9.53 Å². The Morgan fingerprint density at radius 2 is 2.17 bits per heavy atom. The lowest BCUT2D eigenvalue weighted by Gasteiger charge is -2.16. The molecule has 0 rings (SSSR count). The van der Waals surface area contributed by atoms with Crippen LogP contribution in [0.1, 0.15) is 27.2 Å². The Labute approximate surface area is 73.8 Å². The Balaban J connectivity index is 3.85. The Bertz CT molecular complexity index is 166. The summed E-state index contributed by atoms with van der Waals surface area (Å²) in [5.41, 5.74) is 0.436. The van der Waals surface area contributed by atoms with Crippen LogP contribution in [-0.2, 0) is 9.53 Å². The van der Waals surface area contributed by atoms with Crippen LogP contribution in [0.4, 0.5) is 0 Å². The monoisotopic (exact) mass is 171 g/mol. The number of nitrogens with one attached hydrogen (secondary N) is 1. The van der Waals surface area contributed by atoms with Crippen LogP contribution >= 0.6 is 0 Å². The lowest BCUT2D eigenvalue weighted by Crippen LogP contribution is -2.33. The molecule has 3 heteroatoms. The van der Waals surface area contributed by atoms with Gasteiger partial charge in [-0.05, 0) is 19.9 Å². The summed E-state index contributed by atoms with van der Waals surface area (Å²) in [6, 6.07) is 0. The van der Waals surface area contributed by atoms with Crippen LogP contribution in [-0.4, -0.2) is 18.7 Å². The third-order valence-electron chi connectivity index (χ3n) is 1.40. The van der Waals surface area contributed by atoms with Crippen LogP contribution in [0.5, 0.6) is 0 Å². The highest BCUT2D eigenvalue weighted by Gasteiger charge is 2.10. The summed E-state index contributed by atoms with van der Waals surface area (Å²) in [6.07, 6.45) is 0.589. The Kier molecular flexibility index (Phi) is 5.37. The minimum atomic E-state index is -0.331. The number of esters is 1. The van der Waals surface area contributed by atoms with Crippen molar-refractivity contribution >= 4 is 5.97 Å². The van der Waals surface area contributed by atoms with E-state index in [9.17, 15) is 4.79 Å². The summed E-state index contributed by atoms with van der Waals surface area (Å²) in [5, 5.41) is 3.03. The zero-order chi connectivity index (χ0) is 9.56. The van der Waals surface area contributed by atoms with Gasteiger partial charge in [-0.3, -0.25) is 5.32 Å². The zero-order valence-electron chi connectivity index (χ0n) is 8.02. The van der Waals surface area contributed by atoms with E-state index < -0.39 is 0 Å².